The van der Waals surface area contributed by atoms with E-state index >= 15 is 0 Å². The molecule has 2 rings (SSSR count). The lowest BCUT2D eigenvalue weighted by atomic mass is 10.1. The van der Waals surface area contributed by atoms with Crippen LogP contribution in [0.1, 0.15) is 30.0 Å². The SMILES string of the molecule is CCNC(=NCc1cn(C)nc1C(F)(F)F)NCC(C)Cc1cccs1.I. The van der Waals surface area contributed by atoms with Crippen LogP contribution in [0.5, 0.6) is 0 Å². The summed E-state index contributed by atoms with van der Waals surface area (Å²) in [4.78, 5) is 5.60. The van der Waals surface area contributed by atoms with Gasteiger partial charge in [-0.25, -0.2) is 4.99 Å². The van der Waals surface area contributed by atoms with Gasteiger partial charge in [-0.2, -0.15) is 18.3 Å². The molecule has 1 atom stereocenters. The first-order chi connectivity index (χ1) is 12.3. The third kappa shape index (κ3) is 7.68. The fraction of sp³-hybridized carbons (Fsp3) is 0.529. The summed E-state index contributed by atoms with van der Waals surface area (Å²) in [5, 5.41) is 11.8. The van der Waals surface area contributed by atoms with E-state index in [1.54, 1.807) is 11.3 Å². The maximum absolute atomic E-state index is 13.0. The Bertz CT molecular complexity index is 713. The first kappa shape index (κ1) is 23.7. The van der Waals surface area contributed by atoms with Gasteiger partial charge < -0.3 is 10.6 Å². The molecule has 5 nitrogen and oxygen atoms in total. The maximum atomic E-state index is 13.0. The Morgan fingerprint density at radius 1 is 1.37 bits per heavy atom. The van der Waals surface area contributed by atoms with Crippen molar-refractivity contribution in [3.8, 4) is 0 Å². The monoisotopic (exact) mass is 515 g/mol. The summed E-state index contributed by atoms with van der Waals surface area (Å²) < 4.78 is 40.2. The van der Waals surface area contributed by atoms with Crippen molar-refractivity contribution in [2.24, 2.45) is 18.0 Å². The molecule has 0 aliphatic heterocycles. The van der Waals surface area contributed by atoms with Crippen molar-refractivity contribution in [1.29, 1.82) is 0 Å². The van der Waals surface area contributed by atoms with Crippen LogP contribution < -0.4 is 10.6 Å². The highest BCUT2D eigenvalue weighted by Gasteiger charge is 2.36. The Balaban J connectivity index is 0.00000364. The minimum atomic E-state index is -4.48. The fourth-order valence-corrected chi connectivity index (χ4v) is 3.38. The molecule has 27 heavy (non-hydrogen) atoms. The first-order valence-corrected chi connectivity index (χ1v) is 9.31. The molecule has 0 aromatic carbocycles. The average Bonchev–Trinajstić information content (AvgIpc) is 3.19. The molecule has 0 saturated carbocycles. The van der Waals surface area contributed by atoms with Crippen LogP contribution in [0.25, 0.3) is 0 Å². The molecule has 0 saturated heterocycles. The topological polar surface area (TPSA) is 54.2 Å². The Morgan fingerprint density at radius 3 is 2.70 bits per heavy atom. The van der Waals surface area contributed by atoms with Gasteiger partial charge in [-0.15, -0.1) is 35.3 Å². The van der Waals surface area contributed by atoms with Crippen molar-refractivity contribution >= 4 is 41.3 Å². The zero-order valence-corrected chi connectivity index (χ0v) is 18.7. The van der Waals surface area contributed by atoms with Gasteiger partial charge in [0.15, 0.2) is 11.7 Å². The predicted molar refractivity (Wildman–Crippen MR) is 114 cm³/mol. The Hall–Kier alpha value is -1.30. The van der Waals surface area contributed by atoms with E-state index in [-0.39, 0.29) is 36.1 Å². The lowest BCUT2D eigenvalue weighted by Crippen LogP contribution is -2.39. The highest BCUT2D eigenvalue weighted by Crippen LogP contribution is 2.30. The Labute approximate surface area is 178 Å². The molecule has 2 aromatic rings. The van der Waals surface area contributed by atoms with Gasteiger partial charge in [-0.05, 0) is 30.7 Å². The van der Waals surface area contributed by atoms with Crippen molar-refractivity contribution in [2.75, 3.05) is 13.1 Å². The number of rotatable bonds is 7. The minimum Gasteiger partial charge on any atom is -0.357 e. The van der Waals surface area contributed by atoms with Gasteiger partial charge in [0.25, 0.3) is 0 Å². The molecule has 0 bridgehead atoms. The van der Waals surface area contributed by atoms with Crippen LogP contribution in [-0.2, 0) is 26.2 Å². The Kier molecular flexibility index (Phi) is 9.57. The van der Waals surface area contributed by atoms with Crippen LogP contribution in [0.3, 0.4) is 0 Å². The molecular formula is C17H25F3IN5S. The largest absolute Gasteiger partial charge is 0.435 e. The van der Waals surface area contributed by atoms with Crippen molar-refractivity contribution in [3.63, 3.8) is 0 Å². The summed E-state index contributed by atoms with van der Waals surface area (Å²) in [6.45, 7) is 5.27. The number of nitrogens with one attached hydrogen (secondary N) is 2. The van der Waals surface area contributed by atoms with Crippen LogP contribution in [0.4, 0.5) is 13.2 Å². The second kappa shape index (κ2) is 10.9. The molecule has 0 radical (unpaired) electrons. The smallest absolute Gasteiger partial charge is 0.357 e. The quantitative estimate of drug-likeness (QED) is 0.333. The number of aromatic nitrogens is 2. The van der Waals surface area contributed by atoms with Crippen molar-refractivity contribution in [1.82, 2.24) is 20.4 Å². The first-order valence-electron chi connectivity index (χ1n) is 8.43. The van der Waals surface area contributed by atoms with Crippen LogP contribution in [-0.4, -0.2) is 28.8 Å². The standard InChI is InChI=1S/C17H24F3N5S.HI/c1-4-21-16(22-9-12(2)8-14-6-5-7-26-14)23-10-13-11-25(3)24-15(13)17(18,19)20;/h5-7,11-12H,4,8-10H2,1-3H3,(H2,21,22,23);1H. The number of nitrogens with zero attached hydrogens (tertiary/aromatic N) is 3. The van der Waals surface area contributed by atoms with E-state index in [1.165, 1.54) is 18.1 Å². The van der Waals surface area contributed by atoms with Gasteiger partial charge in [0.1, 0.15) is 0 Å². The highest BCUT2D eigenvalue weighted by atomic mass is 127. The van der Waals surface area contributed by atoms with Gasteiger partial charge in [-0.3, -0.25) is 4.68 Å². The summed E-state index contributed by atoms with van der Waals surface area (Å²) >= 11 is 1.72. The Morgan fingerprint density at radius 2 is 2.11 bits per heavy atom. The maximum Gasteiger partial charge on any atom is 0.435 e. The lowest BCUT2D eigenvalue weighted by Gasteiger charge is -2.15. The van der Waals surface area contributed by atoms with E-state index in [0.29, 0.717) is 25.0 Å². The summed E-state index contributed by atoms with van der Waals surface area (Å²) in [5.41, 5.74) is -0.825. The number of hydrogen-bond donors (Lipinski definition) is 2. The van der Waals surface area contributed by atoms with Gasteiger partial charge >= 0.3 is 6.18 Å². The van der Waals surface area contributed by atoms with E-state index < -0.39 is 11.9 Å². The summed E-state index contributed by atoms with van der Waals surface area (Å²) in [5.74, 6) is 0.879. The number of hydrogen-bond acceptors (Lipinski definition) is 3. The number of thiophene rings is 1. The molecule has 10 heteroatoms. The number of aliphatic imine (C=N–C) groups is 1. The average molecular weight is 515 g/mol. The number of alkyl halides is 3. The second-order valence-corrected chi connectivity index (χ2v) is 7.17. The van der Waals surface area contributed by atoms with Crippen LogP contribution >= 0.6 is 35.3 Å². The number of aryl methyl sites for hydroxylation is 1. The van der Waals surface area contributed by atoms with Gasteiger partial charge in [-0.1, -0.05) is 13.0 Å². The number of halogens is 4. The van der Waals surface area contributed by atoms with Crippen molar-refractivity contribution in [2.45, 2.75) is 33.0 Å². The lowest BCUT2D eigenvalue weighted by molar-refractivity contribution is -0.142. The van der Waals surface area contributed by atoms with E-state index in [9.17, 15) is 13.2 Å². The third-order valence-corrected chi connectivity index (χ3v) is 4.57. The molecule has 2 aromatic heterocycles. The van der Waals surface area contributed by atoms with Gasteiger partial charge in [0.05, 0.1) is 6.54 Å². The normalized spacial score (nSPS) is 13.2. The molecule has 1 unspecified atom stereocenters. The third-order valence-electron chi connectivity index (χ3n) is 3.67. The molecule has 0 aliphatic carbocycles. The summed E-state index contributed by atoms with van der Waals surface area (Å²) in [7, 11) is 1.47. The van der Waals surface area contributed by atoms with E-state index in [1.807, 2.05) is 18.4 Å². The summed E-state index contributed by atoms with van der Waals surface area (Å²) in [6.07, 6.45) is -2.17. The van der Waals surface area contributed by atoms with Gasteiger partial charge in [0, 0.05) is 36.8 Å². The molecule has 0 amide bonds. The minimum absolute atomic E-state index is 0. The van der Waals surface area contributed by atoms with Crippen LogP contribution in [0.15, 0.2) is 28.7 Å². The molecule has 2 N–H and O–H groups in total. The van der Waals surface area contributed by atoms with Crippen molar-refractivity contribution in [3.05, 3.63) is 39.8 Å². The van der Waals surface area contributed by atoms with Crippen molar-refractivity contribution < 1.29 is 13.2 Å². The zero-order valence-electron chi connectivity index (χ0n) is 15.5. The fourth-order valence-electron chi connectivity index (χ4n) is 2.51. The van der Waals surface area contributed by atoms with Crippen LogP contribution in [0.2, 0.25) is 0 Å². The molecule has 2 heterocycles. The molecule has 0 fully saturated rings. The zero-order chi connectivity index (χ0) is 19.2. The second-order valence-electron chi connectivity index (χ2n) is 6.14. The van der Waals surface area contributed by atoms with E-state index in [4.69, 9.17) is 0 Å². The highest BCUT2D eigenvalue weighted by molar-refractivity contribution is 14.0. The molecular weight excluding hydrogens is 490 g/mol. The predicted octanol–water partition coefficient (Wildman–Crippen LogP) is 4.05. The molecule has 0 aliphatic rings. The molecule has 0 spiro atoms. The van der Waals surface area contributed by atoms with Crippen LogP contribution in [0, 0.1) is 5.92 Å². The van der Waals surface area contributed by atoms with Gasteiger partial charge in [0.2, 0.25) is 0 Å². The summed E-state index contributed by atoms with van der Waals surface area (Å²) in [6, 6.07) is 4.12. The number of guanidine groups is 1. The van der Waals surface area contributed by atoms with E-state index in [2.05, 4.69) is 33.7 Å². The molecule has 152 valence electrons. The van der Waals surface area contributed by atoms with E-state index in [0.717, 1.165) is 11.1 Å².